The van der Waals surface area contributed by atoms with Crippen molar-refractivity contribution in [3.63, 3.8) is 0 Å². The van der Waals surface area contributed by atoms with Crippen molar-refractivity contribution in [2.75, 3.05) is 13.3 Å². The lowest BCUT2D eigenvalue weighted by molar-refractivity contribution is 0.114. The van der Waals surface area contributed by atoms with Gasteiger partial charge in [-0.15, -0.1) is 0 Å². The number of ether oxygens (including phenoxy) is 1. The molecule has 1 atom stereocenters. The highest BCUT2D eigenvalue weighted by atomic mass is 16.5. The van der Waals surface area contributed by atoms with Crippen LogP contribution in [-0.4, -0.2) is 13.3 Å². The van der Waals surface area contributed by atoms with Crippen LogP contribution in [0.3, 0.4) is 0 Å². The molecular weight excluding hydrogens is 198 g/mol. The van der Waals surface area contributed by atoms with Crippen molar-refractivity contribution in [1.82, 2.24) is 5.32 Å². The third kappa shape index (κ3) is 2.28. The van der Waals surface area contributed by atoms with Crippen molar-refractivity contribution in [2.45, 2.75) is 39.2 Å². The van der Waals surface area contributed by atoms with Crippen LogP contribution in [0.5, 0.6) is 0 Å². The quantitative estimate of drug-likeness (QED) is 0.784. The third-order valence-electron chi connectivity index (χ3n) is 3.20. The van der Waals surface area contributed by atoms with Gasteiger partial charge in [0, 0.05) is 6.54 Å². The van der Waals surface area contributed by atoms with E-state index in [1.807, 2.05) is 0 Å². The molecule has 1 aromatic carbocycles. The zero-order valence-corrected chi connectivity index (χ0v) is 10.6. The van der Waals surface area contributed by atoms with Gasteiger partial charge < -0.3 is 4.74 Å². The van der Waals surface area contributed by atoms with Crippen LogP contribution in [0.15, 0.2) is 18.2 Å². The van der Waals surface area contributed by atoms with Crippen LogP contribution in [0.1, 0.15) is 43.6 Å². The number of rotatable bonds is 1. The van der Waals surface area contributed by atoms with Crippen LogP contribution >= 0.6 is 0 Å². The molecule has 1 N–H and O–H groups in total. The first-order valence-corrected chi connectivity index (χ1v) is 5.92. The minimum absolute atomic E-state index is 0.220. The van der Waals surface area contributed by atoms with Crippen molar-refractivity contribution >= 4 is 0 Å². The smallest absolute Gasteiger partial charge is 0.0975 e. The molecule has 1 aromatic rings. The highest BCUT2D eigenvalue weighted by Gasteiger charge is 2.21. The summed E-state index contributed by atoms with van der Waals surface area (Å²) in [5.74, 6) is 0. The Bertz CT molecular complexity index is 373. The number of benzene rings is 1. The fourth-order valence-corrected chi connectivity index (χ4v) is 2.11. The second kappa shape index (κ2) is 4.19. The Morgan fingerprint density at radius 3 is 2.56 bits per heavy atom. The first-order valence-electron chi connectivity index (χ1n) is 5.92. The monoisotopic (exact) mass is 219 g/mol. The van der Waals surface area contributed by atoms with Gasteiger partial charge in [0.1, 0.15) is 0 Å². The molecule has 1 saturated heterocycles. The lowest BCUT2D eigenvalue weighted by Gasteiger charge is -2.21. The average Bonchev–Trinajstić information content (AvgIpc) is 2.69. The minimum Gasteiger partial charge on any atom is -0.357 e. The molecular formula is C14H21NO. The Hall–Kier alpha value is -0.860. The van der Waals surface area contributed by atoms with E-state index < -0.39 is 0 Å². The molecule has 0 radical (unpaired) electrons. The van der Waals surface area contributed by atoms with E-state index in [9.17, 15) is 0 Å². The van der Waals surface area contributed by atoms with E-state index in [2.05, 4.69) is 51.2 Å². The summed E-state index contributed by atoms with van der Waals surface area (Å²) in [7, 11) is 0. The first kappa shape index (κ1) is 11.6. The maximum Gasteiger partial charge on any atom is 0.0975 e. The van der Waals surface area contributed by atoms with Gasteiger partial charge >= 0.3 is 0 Å². The summed E-state index contributed by atoms with van der Waals surface area (Å²) in [6, 6.07) is 6.73. The van der Waals surface area contributed by atoms with E-state index in [1.54, 1.807) is 0 Å². The van der Waals surface area contributed by atoms with Crippen molar-refractivity contribution in [2.24, 2.45) is 0 Å². The van der Waals surface area contributed by atoms with Crippen LogP contribution < -0.4 is 5.32 Å². The maximum absolute atomic E-state index is 5.63. The molecule has 1 aliphatic rings. The molecule has 0 spiro atoms. The summed E-state index contributed by atoms with van der Waals surface area (Å²) in [6.45, 7) is 10.5. The van der Waals surface area contributed by atoms with E-state index in [-0.39, 0.29) is 11.5 Å². The fraction of sp³-hybridized carbons (Fsp3) is 0.571. The Morgan fingerprint density at radius 2 is 2.06 bits per heavy atom. The van der Waals surface area contributed by atoms with Crippen LogP contribution in [-0.2, 0) is 10.2 Å². The summed E-state index contributed by atoms with van der Waals surface area (Å²) < 4.78 is 5.63. The van der Waals surface area contributed by atoms with Crippen LogP contribution in [0.2, 0.25) is 0 Å². The lowest BCUT2D eigenvalue weighted by atomic mass is 9.85. The molecule has 2 rings (SSSR count). The first-order chi connectivity index (χ1) is 7.48. The largest absolute Gasteiger partial charge is 0.357 e. The Morgan fingerprint density at radius 1 is 1.31 bits per heavy atom. The molecule has 16 heavy (non-hydrogen) atoms. The van der Waals surface area contributed by atoms with Gasteiger partial charge in [-0.25, -0.2) is 0 Å². The van der Waals surface area contributed by atoms with Crippen molar-refractivity contribution in [3.8, 4) is 0 Å². The Labute approximate surface area is 98.0 Å². The van der Waals surface area contributed by atoms with E-state index in [4.69, 9.17) is 4.74 Å². The summed E-state index contributed by atoms with van der Waals surface area (Å²) in [6.07, 6.45) is 0.231. The van der Waals surface area contributed by atoms with Gasteiger partial charge in [-0.2, -0.15) is 0 Å². The molecule has 0 bridgehead atoms. The van der Waals surface area contributed by atoms with Crippen LogP contribution in [0.4, 0.5) is 0 Å². The van der Waals surface area contributed by atoms with E-state index in [1.165, 1.54) is 16.7 Å². The van der Waals surface area contributed by atoms with E-state index >= 15 is 0 Å². The Kier molecular flexibility index (Phi) is 3.04. The van der Waals surface area contributed by atoms with E-state index in [0.29, 0.717) is 6.73 Å². The van der Waals surface area contributed by atoms with Gasteiger partial charge in [-0.1, -0.05) is 39.0 Å². The van der Waals surface area contributed by atoms with Crippen molar-refractivity contribution in [3.05, 3.63) is 34.9 Å². The topological polar surface area (TPSA) is 21.3 Å². The number of hydrogen-bond donors (Lipinski definition) is 1. The van der Waals surface area contributed by atoms with Gasteiger partial charge in [0.05, 0.1) is 12.8 Å². The molecule has 2 nitrogen and oxygen atoms in total. The predicted octanol–water partition coefficient (Wildman–Crippen LogP) is 2.91. The molecule has 0 saturated carbocycles. The zero-order chi connectivity index (χ0) is 11.8. The second-order valence-electron chi connectivity index (χ2n) is 5.58. The molecule has 88 valence electrons. The average molecular weight is 219 g/mol. The standard InChI is InChI=1S/C14H21NO/c1-10-7-11(14(2,3)4)5-6-12(10)13-8-15-9-16-13/h5-7,13,15H,8-9H2,1-4H3. The number of nitrogens with one attached hydrogen (secondary N) is 1. The Balaban J connectivity index is 2.29. The molecule has 1 aliphatic heterocycles. The summed E-state index contributed by atoms with van der Waals surface area (Å²) in [5, 5.41) is 3.22. The highest BCUT2D eigenvalue weighted by molar-refractivity contribution is 5.36. The predicted molar refractivity (Wildman–Crippen MR) is 66.6 cm³/mol. The minimum atomic E-state index is 0.220. The van der Waals surface area contributed by atoms with Gasteiger partial charge in [-0.3, -0.25) is 5.32 Å². The summed E-state index contributed by atoms with van der Waals surface area (Å²) >= 11 is 0. The van der Waals surface area contributed by atoms with Gasteiger partial charge in [0.2, 0.25) is 0 Å². The van der Waals surface area contributed by atoms with Crippen LogP contribution in [0.25, 0.3) is 0 Å². The van der Waals surface area contributed by atoms with Crippen LogP contribution in [0, 0.1) is 6.92 Å². The lowest BCUT2D eigenvalue weighted by Crippen LogP contribution is -2.13. The highest BCUT2D eigenvalue weighted by Crippen LogP contribution is 2.28. The maximum atomic E-state index is 5.63. The van der Waals surface area contributed by atoms with Crippen molar-refractivity contribution < 1.29 is 4.74 Å². The molecule has 1 fully saturated rings. The molecule has 1 heterocycles. The second-order valence-corrected chi connectivity index (χ2v) is 5.58. The molecule has 0 aliphatic carbocycles. The summed E-state index contributed by atoms with van der Waals surface area (Å²) in [4.78, 5) is 0. The molecule has 0 aromatic heterocycles. The SMILES string of the molecule is Cc1cc(C(C)(C)C)ccc1C1CNCO1. The van der Waals surface area contributed by atoms with E-state index in [0.717, 1.165) is 6.54 Å². The fourth-order valence-electron chi connectivity index (χ4n) is 2.11. The summed E-state index contributed by atoms with van der Waals surface area (Å²) in [5.41, 5.74) is 4.26. The zero-order valence-electron chi connectivity index (χ0n) is 10.6. The molecule has 2 heteroatoms. The number of hydrogen-bond acceptors (Lipinski definition) is 2. The van der Waals surface area contributed by atoms with Gasteiger partial charge in [0.15, 0.2) is 0 Å². The van der Waals surface area contributed by atoms with Gasteiger partial charge in [0.25, 0.3) is 0 Å². The molecule has 1 unspecified atom stereocenters. The van der Waals surface area contributed by atoms with Crippen molar-refractivity contribution in [1.29, 1.82) is 0 Å². The molecule has 0 amide bonds. The third-order valence-corrected chi connectivity index (χ3v) is 3.20. The number of aryl methyl sites for hydroxylation is 1. The van der Waals surface area contributed by atoms with Gasteiger partial charge in [-0.05, 0) is 29.0 Å². The normalized spacial score (nSPS) is 21.4.